The Morgan fingerprint density at radius 2 is 0.841 bits per heavy atom. The number of hydroxylamine groups is 2. The number of pyridine rings is 2. The van der Waals surface area contributed by atoms with Crippen LogP contribution in [0.2, 0.25) is 0 Å². The summed E-state index contributed by atoms with van der Waals surface area (Å²) in [7, 11) is -1.03. The number of Topliss-reactive ketones (excluding diaryl/α,β-unsaturated/α-hetero) is 4. The maximum absolute atomic E-state index is 13.4. The number of nitrogens with zero attached hydrogens (tertiary/aromatic N) is 3. The molecule has 800 valence electrons. The SMILES string of the molecule is C.C.C.C.C.C.C.C.C.CC(C)C[C@H](NC(=O)c1cc(-c2cccs2)c[n+]([O-])c1)C(=O)N[C@]12CCC[C@H]1OCC2=O.CC(C)C[C@H](NC(=O)c1ccc([N+](C)(C)[O-])cc1)C(=O)N[C@]12CCC[C@H]1OCC2=O.O=C(N[C@@H](Cc1ccc(O)cc1)C(=O)N[C@]12CCC[C@H]1OCC2=O)C1=Cc2ccccc2S1(=O)=O.O=C(N[C@@H](Cc1ccc(O)cc1)C(=O)N[C@]12CCC[C@H]1OCC2=O)c1ccc2c(ccc[n+]2[O-])c1.S.S.S.S. The van der Waals surface area contributed by atoms with Gasteiger partial charge in [-0.25, -0.2) is 8.42 Å². The number of aromatic nitrogens is 2. The Morgan fingerprint density at radius 3 is 1.23 bits per heavy atom. The summed E-state index contributed by atoms with van der Waals surface area (Å²) >= 11 is 1.47. The van der Waals surface area contributed by atoms with Gasteiger partial charge in [0.15, 0.2) is 41.7 Å². The number of hydrogen-bond acceptors (Lipinski definition) is 24. The lowest BCUT2D eigenvalue weighted by Gasteiger charge is -2.33. The highest BCUT2D eigenvalue weighted by Gasteiger charge is 2.59. The quantitative estimate of drug-likeness (QED) is 0.0104. The molecule has 5 aromatic carbocycles. The molecule has 12 atom stereocenters. The first-order chi connectivity index (χ1) is 62.9. The Kier molecular flexibility index (Phi) is 50.5. The number of phenols is 2. The van der Waals surface area contributed by atoms with Crippen molar-refractivity contribution in [3.8, 4) is 21.9 Å². The molecule has 0 unspecified atom stereocenters. The minimum atomic E-state index is -4.03. The van der Waals surface area contributed by atoms with Crippen molar-refractivity contribution in [3.05, 3.63) is 223 Å². The third-order valence-corrected chi connectivity index (χ3v) is 28.5. The molecule has 3 aromatic heterocycles. The van der Waals surface area contributed by atoms with Crippen LogP contribution in [0.25, 0.3) is 27.4 Å². The fourth-order valence-electron chi connectivity index (χ4n) is 18.8. The number of rotatable bonds is 26. The van der Waals surface area contributed by atoms with Crippen LogP contribution in [-0.2, 0) is 84.8 Å². The Morgan fingerprint density at radius 1 is 0.462 bits per heavy atom. The number of fused-ring (bicyclic) bond motifs is 6. The average Bonchev–Trinajstić information content (AvgIpc) is 1.62. The van der Waals surface area contributed by atoms with E-state index in [1.165, 1.54) is 86.5 Å². The normalized spacial score (nSPS) is 21.5. The van der Waals surface area contributed by atoms with E-state index in [9.17, 15) is 91.8 Å². The van der Waals surface area contributed by atoms with Gasteiger partial charge in [0, 0.05) is 58.5 Å². The van der Waals surface area contributed by atoms with Crippen molar-refractivity contribution in [2.75, 3.05) is 40.5 Å². The number of carbonyl (C=O) groups excluding carboxylic acids is 12. The summed E-state index contributed by atoms with van der Waals surface area (Å²) in [6, 6.07) is 34.7. The molecule has 0 radical (unpaired) electrons. The van der Waals surface area contributed by atoms with E-state index in [0.29, 0.717) is 101 Å². The van der Waals surface area contributed by atoms with Crippen LogP contribution in [0, 0.1) is 27.5 Å². The van der Waals surface area contributed by atoms with Crippen molar-refractivity contribution in [1.82, 2.24) is 47.2 Å². The smallest absolute Gasteiger partial charge is 0.263 e. The Hall–Kier alpha value is -11.2. The van der Waals surface area contributed by atoms with E-state index in [-0.39, 0.29) is 241 Å². The van der Waals surface area contributed by atoms with E-state index in [1.54, 1.807) is 97.1 Å². The Labute approximate surface area is 884 Å². The lowest BCUT2D eigenvalue weighted by molar-refractivity contribution is -0.604. The van der Waals surface area contributed by atoms with Crippen molar-refractivity contribution in [2.24, 2.45) is 11.8 Å². The molecule has 8 aromatic rings. The topological polar surface area (TPSA) is 490 Å². The summed E-state index contributed by atoms with van der Waals surface area (Å²) in [6.45, 7) is 7.76. The highest BCUT2D eigenvalue weighted by atomic mass is 32.2. The largest absolute Gasteiger partial charge is 0.628 e. The summed E-state index contributed by atoms with van der Waals surface area (Å²) in [6.07, 6.45) is 12.9. The maximum atomic E-state index is 13.4. The molecule has 0 spiro atoms. The second-order valence-electron chi connectivity index (χ2n) is 36.1. The molecule has 4 saturated carbocycles. The van der Waals surface area contributed by atoms with Crippen LogP contribution >= 0.6 is 65.3 Å². The van der Waals surface area contributed by atoms with E-state index < -0.39 is 113 Å². The molecule has 8 heterocycles. The summed E-state index contributed by atoms with van der Waals surface area (Å²) in [5.41, 5.74) is 0.0248. The molecule has 145 heavy (non-hydrogen) atoms. The monoisotopic (exact) mass is 2130 g/mol. The van der Waals surface area contributed by atoms with Gasteiger partial charge in [-0.2, -0.15) is 63.4 Å². The second-order valence-corrected chi connectivity index (χ2v) is 38.9. The van der Waals surface area contributed by atoms with Crippen LogP contribution in [0.1, 0.15) is 232 Å². The standard InChI is InChI=1S/C26H25N3O6.C25H24N2O7S.C23H27N3O5S.C22H31N3O5.9CH4.4H2S/c30-19-8-5-16(6-9-19)13-20(25(33)28-26-11-1-4-23(26)35-15-22(26)31)27-24(32)18-7-10-21-17(14-18)3-2-12-29(21)34;28-17-9-7-15(8-10-17)12-18(23(30)27-25-11-3-6-22(25)34-14-21(25)29)26-24(31)20-13-16-4-1-2-5-19(16)35(20,32)33;1-14(2)9-17(22(29)25-23-7-3-6-20(23)31-13-19(23)27)24-21(28)16-10-15(11-26(30)12-16)18-5-4-8-32-18;1-14(2)12-17(21(28)24-22-11-5-6-19(22)30-13-18(22)26)23-20(27)15-7-9-16(10-8-15)25(3,4)29;;;;;;;;;;;;;/h2-3,5-10,12,14,20,23,30H,1,4,11,13,15H2,(H,27,32)(H,28,33);1-2,4-5,7-10,13,18,22,28H,3,6,11-12,14H2,(H,26,31)(H,27,30);4-5,8,10-12,14,17,20H,3,6-7,9,13H2,1-2H3,(H,24,28)(H,25,29);7-10,14,17,19H,5-6,11-13H2,1-4H3,(H,23,27)(H,24,28);9*1H4;4*1H2/t20-,23+,26-;18-,22+,25-;17-,20+,23-;17-,19+,22-;;;;;;;;;;;;;/m0000............./s1. The van der Waals surface area contributed by atoms with Gasteiger partial charge in [0.25, 0.3) is 23.6 Å². The fraction of sp³-hybridized carbons (Fsp3) is 0.467. The van der Waals surface area contributed by atoms with Gasteiger partial charge in [-0.15, -0.1) is 11.3 Å². The van der Waals surface area contributed by atoms with E-state index in [4.69, 9.17) is 18.9 Å². The Balaban J connectivity index is 0.000000940. The number of benzene rings is 5. The van der Waals surface area contributed by atoms with Crippen molar-refractivity contribution >= 4 is 168 Å². The molecule has 40 heteroatoms. The van der Waals surface area contributed by atoms with E-state index >= 15 is 0 Å². The first kappa shape index (κ1) is 132. The summed E-state index contributed by atoms with van der Waals surface area (Å²) in [4.78, 5) is 156. The minimum absolute atomic E-state index is 0. The second kappa shape index (κ2) is 55.6. The summed E-state index contributed by atoms with van der Waals surface area (Å²) in [5, 5.41) is 80.2. The maximum Gasteiger partial charge on any atom is 0.263 e. The molecular formula is C105H151N11O23S6. The van der Waals surface area contributed by atoms with Crippen LogP contribution < -0.4 is 56.6 Å². The summed E-state index contributed by atoms with van der Waals surface area (Å²) in [5.74, 6) is -4.29. The highest BCUT2D eigenvalue weighted by molar-refractivity contribution is 7.96. The zero-order chi connectivity index (χ0) is 94.4. The number of amides is 8. The van der Waals surface area contributed by atoms with Gasteiger partial charge in [0.1, 0.15) is 100 Å². The average molecular weight is 2130 g/mol. The van der Waals surface area contributed by atoms with Gasteiger partial charge in [-0.05, 0) is 203 Å². The molecule has 9 aliphatic rings. The molecule has 4 saturated heterocycles. The number of carbonyl (C=O) groups is 12. The zero-order valence-corrected chi connectivity index (χ0v) is 81.4. The molecule has 0 bridgehead atoms. The number of hydrogen-bond donors (Lipinski definition) is 10. The molecule has 10 N–H and O–H groups in total. The number of phenolic OH excluding ortho intramolecular Hbond substituents is 2. The molecule has 8 amide bonds. The Bertz CT molecular complexity index is 5940. The predicted molar refractivity (Wildman–Crippen MR) is 585 cm³/mol. The first-order valence-corrected chi connectivity index (χ1v) is 46.5. The van der Waals surface area contributed by atoms with Gasteiger partial charge in [0.2, 0.25) is 39.0 Å². The molecular weight excluding hydrogens is 1980 g/mol. The molecule has 5 aliphatic heterocycles. The van der Waals surface area contributed by atoms with Crippen molar-refractivity contribution in [2.45, 2.75) is 273 Å². The lowest BCUT2D eigenvalue weighted by atomic mass is 9.91. The number of aromatic hydroxyl groups is 2. The van der Waals surface area contributed by atoms with Gasteiger partial charge in [-0.3, -0.25) is 57.5 Å². The molecule has 4 aliphatic carbocycles. The first-order valence-electron chi connectivity index (χ1n) is 44.2. The van der Waals surface area contributed by atoms with Crippen molar-refractivity contribution in [1.29, 1.82) is 0 Å². The summed E-state index contributed by atoms with van der Waals surface area (Å²) < 4.78 is 48.9. The van der Waals surface area contributed by atoms with Crippen LogP contribution in [0.4, 0.5) is 5.69 Å². The van der Waals surface area contributed by atoms with Crippen LogP contribution in [0.5, 0.6) is 11.5 Å². The fourth-order valence-corrected chi connectivity index (χ4v) is 21.0. The molecule has 8 fully saturated rings. The predicted octanol–water partition coefficient (Wildman–Crippen LogP) is 13.1. The zero-order valence-electron chi connectivity index (χ0n) is 75.8. The number of nitrogens with one attached hydrogen (secondary N) is 8. The molecule has 34 nitrogen and oxygen atoms in total. The van der Waals surface area contributed by atoms with E-state index in [2.05, 4.69) is 42.5 Å². The number of ether oxygens (including phenoxy) is 4. The van der Waals surface area contributed by atoms with Crippen LogP contribution in [0.3, 0.4) is 0 Å². The number of thiophene rings is 1. The molecule has 17 rings (SSSR count). The van der Waals surface area contributed by atoms with E-state index in [0.717, 1.165) is 53.7 Å². The number of ketones is 4. The van der Waals surface area contributed by atoms with Crippen molar-refractivity contribution in [3.63, 3.8) is 0 Å². The van der Waals surface area contributed by atoms with Gasteiger partial charge in [0.05, 0.1) is 49.0 Å². The minimum Gasteiger partial charge on any atom is -0.628 e. The third kappa shape index (κ3) is 29.5. The number of sulfone groups is 1. The van der Waals surface area contributed by atoms with Crippen LogP contribution in [-0.4, -0.2) is 200 Å². The van der Waals surface area contributed by atoms with Gasteiger partial charge < -0.3 is 92.0 Å². The van der Waals surface area contributed by atoms with Crippen LogP contribution in [0.15, 0.2) is 179 Å². The van der Waals surface area contributed by atoms with Gasteiger partial charge in [-0.1, -0.05) is 143 Å². The highest BCUT2D eigenvalue weighted by Crippen LogP contribution is 2.43. The van der Waals surface area contributed by atoms with E-state index in [1.807, 2.05) is 45.2 Å². The lowest BCUT2D eigenvalue weighted by Crippen LogP contribution is -2.61. The number of quaternary nitrogens is 1. The van der Waals surface area contributed by atoms with Crippen molar-refractivity contribution < 1.29 is 105 Å². The third-order valence-electron chi connectivity index (χ3n) is 25.7. The van der Waals surface area contributed by atoms with Gasteiger partial charge >= 0.3 is 0 Å².